The Kier molecular flexibility index (Phi) is 5.65. The Morgan fingerprint density at radius 2 is 2.05 bits per heavy atom. The minimum Gasteiger partial charge on any atom is -0.449 e. The molecule has 21 heavy (non-hydrogen) atoms. The minimum atomic E-state index is -1.20. The van der Waals surface area contributed by atoms with Gasteiger partial charge in [-0.1, -0.05) is 0 Å². The highest BCUT2D eigenvalue weighted by atomic mass is 19.1. The van der Waals surface area contributed by atoms with Gasteiger partial charge in [0.2, 0.25) is 0 Å². The molecule has 0 heterocycles. The van der Waals surface area contributed by atoms with Crippen molar-refractivity contribution < 1.29 is 23.5 Å². The molecule has 0 aliphatic rings. The van der Waals surface area contributed by atoms with E-state index in [4.69, 9.17) is 10.5 Å². The molecule has 7 nitrogen and oxygen atoms in total. The van der Waals surface area contributed by atoms with E-state index >= 15 is 0 Å². The second-order valence-electron chi connectivity index (χ2n) is 4.13. The van der Waals surface area contributed by atoms with Gasteiger partial charge < -0.3 is 15.8 Å². The van der Waals surface area contributed by atoms with Crippen molar-refractivity contribution in [3.63, 3.8) is 0 Å². The van der Waals surface area contributed by atoms with Gasteiger partial charge in [-0.2, -0.15) is 0 Å². The molecule has 114 valence electrons. The monoisotopic (exact) mass is 297 g/mol. The molecule has 0 fully saturated rings. The number of amides is 3. The molecule has 0 saturated carbocycles. The molecule has 0 saturated heterocycles. The van der Waals surface area contributed by atoms with Crippen molar-refractivity contribution in [3.05, 3.63) is 29.6 Å². The lowest BCUT2D eigenvalue weighted by molar-refractivity contribution is -0.127. The third-order valence-corrected chi connectivity index (χ3v) is 2.46. The second kappa shape index (κ2) is 7.22. The fourth-order valence-electron chi connectivity index (χ4n) is 1.42. The molecule has 3 amide bonds. The Balaban J connectivity index is 2.65. The van der Waals surface area contributed by atoms with E-state index in [0.29, 0.717) is 6.54 Å². The van der Waals surface area contributed by atoms with Gasteiger partial charge in [0.25, 0.3) is 5.91 Å². The molecule has 1 aromatic carbocycles. The van der Waals surface area contributed by atoms with Crippen molar-refractivity contribution in [1.82, 2.24) is 10.6 Å². The number of anilines is 1. The van der Waals surface area contributed by atoms with Crippen LogP contribution in [-0.2, 0) is 9.53 Å². The third kappa shape index (κ3) is 4.75. The van der Waals surface area contributed by atoms with Crippen LogP contribution in [-0.4, -0.2) is 30.6 Å². The Morgan fingerprint density at radius 3 is 2.62 bits per heavy atom. The summed E-state index contributed by atoms with van der Waals surface area (Å²) >= 11 is 0. The Hall–Kier alpha value is -2.64. The van der Waals surface area contributed by atoms with E-state index in [-0.39, 0.29) is 11.3 Å². The number of halogens is 1. The summed E-state index contributed by atoms with van der Waals surface area (Å²) in [5, 5.41) is 4.36. The van der Waals surface area contributed by atoms with Crippen LogP contribution >= 0.6 is 0 Å². The number of carbonyl (C=O) groups is 3. The smallest absolute Gasteiger partial charge is 0.341 e. The second-order valence-corrected chi connectivity index (χ2v) is 4.13. The maximum absolute atomic E-state index is 12.9. The van der Waals surface area contributed by atoms with E-state index in [9.17, 15) is 18.8 Å². The number of esters is 1. The van der Waals surface area contributed by atoms with Crippen LogP contribution < -0.4 is 16.4 Å². The fraction of sp³-hybridized carbons (Fsp3) is 0.308. The van der Waals surface area contributed by atoms with Gasteiger partial charge in [-0.05, 0) is 32.0 Å². The lowest BCUT2D eigenvalue weighted by atomic mass is 10.2. The number of urea groups is 1. The van der Waals surface area contributed by atoms with E-state index in [1.807, 2.05) is 5.32 Å². The number of nitrogen functional groups attached to an aromatic ring is 1. The van der Waals surface area contributed by atoms with Crippen molar-refractivity contribution in [2.45, 2.75) is 20.0 Å². The van der Waals surface area contributed by atoms with Crippen LogP contribution in [0.3, 0.4) is 0 Å². The first-order valence-corrected chi connectivity index (χ1v) is 6.19. The molecule has 0 aromatic heterocycles. The van der Waals surface area contributed by atoms with Gasteiger partial charge in [0.05, 0.1) is 5.56 Å². The lowest BCUT2D eigenvalue weighted by Crippen LogP contribution is -2.44. The van der Waals surface area contributed by atoms with Crippen LogP contribution in [0.1, 0.15) is 24.2 Å². The van der Waals surface area contributed by atoms with Crippen LogP contribution in [0.4, 0.5) is 14.9 Å². The maximum atomic E-state index is 12.9. The van der Waals surface area contributed by atoms with Crippen LogP contribution in [0.15, 0.2) is 18.2 Å². The highest BCUT2D eigenvalue weighted by Gasteiger charge is 2.21. The SMILES string of the molecule is CCNC(=O)NC(=O)C(C)OC(=O)c1ccc(F)cc1N. The van der Waals surface area contributed by atoms with E-state index < -0.39 is 29.8 Å². The summed E-state index contributed by atoms with van der Waals surface area (Å²) in [6.07, 6.45) is -1.20. The fourth-order valence-corrected chi connectivity index (χ4v) is 1.42. The Morgan fingerprint density at radius 1 is 1.38 bits per heavy atom. The van der Waals surface area contributed by atoms with Crippen LogP contribution in [0.5, 0.6) is 0 Å². The zero-order chi connectivity index (χ0) is 16.0. The normalized spacial score (nSPS) is 11.4. The first-order chi connectivity index (χ1) is 9.85. The lowest BCUT2D eigenvalue weighted by Gasteiger charge is -2.13. The molecule has 1 aromatic rings. The number of hydrogen-bond donors (Lipinski definition) is 3. The molecule has 0 radical (unpaired) electrons. The summed E-state index contributed by atoms with van der Waals surface area (Å²) in [6.45, 7) is 3.33. The van der Waals surface area contributed by atoms with Crippen molar-refractivity contribution in [2.24, 2.45) is 0 Å². The number of imide groups is 1. The third-order valence-electron chi connectivity index (χ3n) is 2.46. The number of carbonyl (C=O) groups excluding carboxylic acids is 3. The highest BCUT2D eigenvalue weighted by Crippen LogP contribution is 2.15. The van der Waals surface area contributed by atoms with E-state index in [0.717, 1.165) is 18.2 Å². The quantitative estimate of drug-likeness (QED) is 0.562. The summed E-state index contributed by atoms with van der Waals surface area (Å²) in [5.74, 6) is -2.26. The average molecular weight is 297 g/mol. The summed E-state index contributed by atoms with van der Waals surface area (Å²) < 4.78 is 17.7. The van der Waals surface area contributed by atoms with Gasteiger partial charge in [0.1, 0.15) is 5.82 Å². The van der Waals surface area contributed by atoms with E-state index in [1.165, 1.54) is 6.92 Å². The van der Waals surface area contributed by atoms with Gasteiger partial charge in [0, 0.05) is 12.2 Å². The molecule has 1 rings (SSSR count). The summed E-state index contributed by atoms with van der Waals surface area (Å²) in [6, 6.07) is 2.48. The molecule has 1 unspecified atom stereocenters. The van der Waals surface area contributed by atoms with Crippen LogP contribution in [0.2, 0.25) is 0 Å². The molecule has 1 atom stereocenters. The number of rotatable bonds is 4. The zero-order valence-electron chi connectivity index (χ0n) is 11.6. The van der Waals surface area contributed by atoms with Crippen molar-refractivity contribution in [1.29, 1.82) is 0 Å². The molecule has 0 aliphatic heterocycles. The summed E-state index contributed by atoms with van der Waals surface area (Å²) in [7, 11) is 0. The first-order valence-electron chi connectivity index (χ1n) is 6.19. The highest BCUT2D eigenvalue weighted by molar-refractivity contribution is 5.99. The Labute approximate surface area is 120 Å². The predicted molar refractivity (Wildman–Crippen MR) is 72.9 cm³/mol. The maximum Gasteiger partial charge on any atom is 0.341 e. The summed E-state index contributed by atoms with van der Waals surface area (Å²) in [5.41, 5.74) is 5.33. The molecule has 0 spiro atoms. The Bertz CT molecular complexity index is 562. The van der Waals surface area contributed by atoms with Gasteiger partial charge >= 0.3 is 12.0 Å². The van der Waals surface area contributed by atoms with Crippen LogP contribution in [0, 0.1) is 5.82 Å². The van der Waals surface area contributed by atoms with E-state index in [2.05, 4.69) is 5.32 Å². The largest absolute Gasteiger partial charge is 0.449 e. The molecule has 0 bridgehead atoms. The molecule has 4 N–H and O–H groups in total. The van der Waals surface area contributed by atoms with Gasteiger partial charge in [-0.15, -0.1) is 0 Å². The molecule has 0 aliphatic carbocycles. The zero-order valence-corrected chi connectivity index (χ0v) is 11.6. The van der Waals surface area contributed by atoms with Crippen molar-refractivity contribution in [2.75, 3.05) is 12.3 Å². The number of nitrogens with one attached hydrogen (secondary N) is 2. The average Bonchev–Trinajstić information content (AvgIpc) is 2.38. The van der Waals surface area contributed by atoms with Crippen molar-refractivity contribution in [3.8, 4) is 0 Å². The molecular weight excluding hydrogens is 281 g/mol. The standard InChI is InChI=1S/C13H16FN3O4/c1-3-16-13(20)17-11(18)7(2)21-12(19)9-5-4-8(14)6-10(9)15/h4-7H,3,15H2,1-2H3,(H2,16,17,18,20). The number of ether oxygens (including phenoxy) is 1. The predicted octanol–water partition coefficient (Wildman–Crippen LogP) is 0.799. The first kappa shape index (κ1) is 16.4. The van der Waals surface area contributed by atoms with Gasteiger partial charge in [0.15, 0.2) is 6.10 Å². The topological polar surface area (TPSA) is 111 Å². The number of benzene rings is 1. The summed E-state index contributed by atoms with van der Waals surface area (Å²) in [4.78, 5) is 34.6. The molecule has 8 heteroatoms. The van der Waals surface area contributed by atoms with E-state index in [1.54, 1.807) is 6.92 Å². The minimum absolute atomic E-state index is 0.0611. The van der Waals surface area contributed by atoms with Crippen molar-refractivity contribution >= 4 is 23.6 Å². The van der Waals surface area contributed by atoms with Gasteiger partial charge in [-0.3, -0.25) is 10.1 Å². The van der Waals surface area contributed by atoms with Gasteiger partial charge in [-0.25, -0.2) is 14.0 Å². The van der Waals surface area contributed by atoms with Crippen LogP contribution in [0.25, 0.3) is 0 Å². The number of nitrogens with two attached hydrogens (primary N) is 1. The molecular formula is C13H16FN3O4. The number of hydrogen-bond acceptors (Lipinski definition) is 5.